The van der Waals surface area contributed by atoms with Gasteiger partial charge in [0.05, 0.1) is 5.76 Å². The summed E-state index contributed by atoms with van der Waals surface area (Å²) in [6.07, 6.45) is 19.8. The number of ketones is 1. The molecule has 4 aromatic carbocycles. The van der Waals surface area contributed by atoms with Gasteiger partial charge in [-0.15, -0.1) is 58.7 Å². The van der Waals surface area contributed by atoms with E-state index in [1.165, 1.54) is 141 Å². The smallest absolute Gasteiger partial charge is 0.155 e. The molecule has 8 rings (SSSR count). The van der Waals surface area contributed by atoms with Crippen LogP contribution in [0.25, 0.3) is 44.8 Å². The van der Waals surface area contributed by atoms with E-state index in [9.17, 15) is 4.79 Å². The normalized spacial score (nSPS) is 13.5. The number of hydrogen-bond acceptors (Lipinski definition) is 4. The van der Waals surface area contributed by atoms with Crippen LogP contribution in [0.2, 0.25) is 0 Å². The maximum atomic E-state index is 10.0. The maximum Gasteiger partial charge on any atom is 0.155 e. The summed E-state index contributed by atoms with van der Waals surface area (Å²) in [5.41, 5.74) is 16.1. The molecule has 0 spiro atoms. The number of unbranched alkanes of at least 4 members (excludes halogenated alkanes) is 4. The first kappa shape index (κ1) is 48.1. The summed E-state index contributed by atoms with van der Waals surface area (Å²) >= 11 is 0. The van der Waals surface area contributed by atoms with Gasteiger partial charge < -0.3 is 15.1 Å². The Morgan fingerprint density at radius 1 is 0.548 bits per heavy atom. The molecule has 0 unspecified atom stereocenters. The van der Waals surface area contributed by atoms with Crippen LogP contribution >= 0.6 is 0 Å². The molecule has 0 saturated heterocycles. The van der Waals surface area contributed by atoms with Crippen LogP contribution in [-0.2, 0) is 35.7 Å². The molecule has 4 nitrogen and oxygen atoms in total. The number of rotatable bonds is 15. The largest absolute Gasteiger partial charge is 0.512 e. The predicted molar refractivity (Wildman–Crippen MR) is 255 cm³/mol. The molecule has 325 valence electrons. The van der Waals surface area contributed by atoms with Gasteiger partial charge in [0.25, 0.3) is 0 Å². The van der Waals surface area contributed by atoms with Gasteiger partial charge in [0.2, 0.25) is 0 Å². The van der Waals surface area contributed by atoms with E-state index in [1.54, 1.807) is 0 Å². The van der Waals surface area contributed by atoms with E-state index in [1.807, 2.05) is 24.5 Å². The van der Waals surface area contributed by atoms with Crippen LogP contribution in [0.15, 0.2) is 133 Å². The van der Waals surface area contributed by atoms with Crippen molar-refractivity contribution in [3.63, 3.8) is 0 Å². The SMILES string of the molecule is CC(=O)/C=C(/C)O.CCCCC1(CCCC)c2ccccc2-c2c[c-]c(-c3ccccn3)cc21.CCCCC1(CCCC)c2ccccc2-c2c[c-]c(-c3ccccn3)cc21.[Ir]. The predicted octanol–water partition coefficient (Wildman–Crippen LogP) is 15.4. The number of carbonyl (C=O) groups excluding carboxylic acids is 1. The number of hydrogen-bond donors (Lipinski definition) is 1. The second-order valence-electron chi connectivity index (χ2n) is 16.8. The van der Waals surface area contributed by atoms with Gasteiger partial charge in [-0.1, -0.05) is 174 Å². The molecule has 0 atom stereocenters. The molecule has 1 N–H and O–H groups in total. The average Bonchev–Trinajstić information content (AvgIpc) is 3.72. The van der Waals surface area contributed by atoms with E-state index in [0.29, 0.717) is 0 Å². The first-order chi connectivity index (χ1) is 29.7. The molecule has 6 aromatic rings. The van der Waals surface area contributed by atoms with E-state index in [4.69, 9.17) is 5.11 Å². The van der Waals surface area contributed by atoms with Crippen molar-refractivity contribution in [2.75, 3.05) is 0 Å². The minimum Gasteiger partial charge on any atom is -0.512 e. The molecule has 2 aliphatic rings. The van der Waals surface area contributed by atoms with Gasteiger partial charge in [-0.3, -0.25) is 4.79 Å². The van der Waals surface area contributed by atoms with Crippen molar-refractivity contribution in [3.8, 4) is 44.8 Å². The second kappa shape index (κ2) is 22.9. The maximum absolute atomic E-state index is 10.0. The van der Waals surface area contributed by atoms with E-state index in [0.717, 1.165) is 22.5 Å². The first-order valence-corrected chi connectivity index (χ1v) is 22.8. The fraction of sp³-hybridized carbons (Fsp3) is 0.351. The number of aromatic nitrogens is 2. The fourth-order valence-electron chi connectivity index (χ4n) is 9.66. The Hall–Kier alpha value is -4.96. The molecule has 0 fully saturated rings. The summed E-state index contributed by atoms with van der Waals surface area (Å²) in [5.74, 6) is -0.0625. The van der Waals surface area contributed by atoms with Crippen molar-refractivity contribution in [3.05, 3.63) is 168 Å². The second-order valence-corrected chi connectivity index (χ2v) is 16.8. The number of aliphatic hydroxyl groups is 1. The van der Waals surface area contributed by atoms with Gasteiger partial charge in [0, 0.05) is 49.4 Å². The molecule has 2 heterocycles. The molecule has 0 saturated carbocycles. The van der Waals surface area contributed by atoms with Crippen LogP contribution in [0.1, 0.15) is 141 Å². The van der Waals surface area contributed by atoms with Gasteiger partial charge in [0.1, 0.15) is 0 Å². The summed E-state index contributed by atoms with van der Waals surface area (Å²) in [6, 6.07) is 46.5. The Balaban J connectivity index is 0.000000201. The van der Waals surface area contributed by atoms with E-state index >= 15 is 0 Å². The summed E-state index contributed by atoms with van der Waals surface area (Å²) < 4.78 is 0. The van der Waals surface area contributed by atoms with E-state index in [-0.39, 0.29) is 42.5 Å². The van der Waals surface area contributed by atoms with Crippen molar-refractivity contribution in [1.82, 2.24) is 9.97 Å². The zero-order valence-electron chi connectivity index (χ0n) is 37.7. The molecule has 5 heteroatoms. The Kier molecular flexibility index (Phi) is 17.8. The Bertz CT molecular complexity index is 2210. The average molecular weight is 1000 g/mol. The molecule has 1 radical (unpaired) electrons. The van der Waals surface area contributed by atoms with Crippen LogP contribution in [0.3, 0.4) is 0 Å². The molecule has 0 amide bonds. The Morgan fingerprint density at radius 3 is 1.23 bits per heavy atom. The van der Waals surface area contributed by atoms with Gasteiger partial charge in [-0.25, -0.2) is 0 Å². The standard InChI is InChI=1S/2C26H28N.C5H8O2.Ir/c2*1-3-5-16-26(17-6-4-2)23-12-8-7-11-21(23)22-15-14-20(19-24(22)26)25-13-9-10-18-27-25;1-4(6)3-5(2)7;/h2*7-13,15,18-19H,3-6,16-17H2,1-2H3;3,6H,1-2H3;/q2*-1;;/b;;4-3-;. The third-order valence-corrected chi connectivity index (χ3v) is 12.5. The van der Waals surface area contributed by atoms with Crippen LogP contribution < -0.4 is 0 Å². The Morgan fingerprint density at radius 2 is 0.919 bits per heavy atom. The van der Waals surface area contributed by atoms with E-state index < -0.39 is 0 Å². The zero-order chi connectivity index (χ0) is 43.2. The fourth-order valence-corrected chi connectivity index (χ4v) is 9.66. The zero-order valence-corrected chi connectivity index (χ0v) is 40.1. The summed E-state index contributed by atoms with van der Waals surface area (Å²) in [4.78, 5) is 19.1. The molecule has 0 aliphatic heterocycles. The van der Waals surface area contributed by atoms with E-state index in [2.05, 4.69) is 147 Å². The quantitative estimate of drug-likeness (QED) is 0.0632. The summed E-state index contributed by atoms with van der Waals surface area (Å²) in [6.45, 7) is 12.0. The molecule has 2 aromatic heterocycles. The van der Waals surface area contributed by atoms with Gasteiger partial charge in [0.15, 0.2) is 5.78 Å². The van der Waals surface area contributed by atoms with Gasteiger partial charge in [-0.05, 0) is 74.2 Å². The number of nitrogens with zero attached hydrogens (tertiary/aromatic N) is 2. The molecular weight excluding hydrogens is 937 g/mol. The third-order valence-electron chi connectivity index (χ3n) is 12.5. The molecular formula is C57H64IrN2O2-2. The minimum atomic E-state index is -0.125. The van der Waals surface area contributed by atoms with Crippen molar-refractivity contribution >= 4 is 5.78 Å². The topological polar surface area (TPSA) is 63.1 Å². The number of allylic oxidation sites excluding steroid dienone is 2. The first-order valence-electron chi connectivity index (χ1n) is 22.8. The summed E-state index contributed by atoms with van der Waals surface area (Å²) in [5, 5.41) is 8.36. The third kappa shape index (κ3) is 10.6. The minimum absolute atomic E-state index is 0. The summed E-state index contributed by atoms with van der Waals surface area (Å²) in [7, 11) is 0. The Labute approximate surface area is 385 Å². The van der Waals surface area contributed by atoms with Gasteiger partial charge >= 0.3 is 0 Å². The number of benzene rings is 4. The van der Waals surface area contributed by atoms with Crippen molar-refractivity contribution in [2.45, 2.75) is 129 Å². The van der Waals surface area contributed by atoms with Crippen LogP contribution in [-0.4, -0.2) is 20.9 Å². The molecule has 62 heavy (non-hydrogen) atoms. The number of aliphatic hydroxyl groups excluding tert-OH is 1. The van der Waals surface area contributed by atoms with Crippen LogP contribution in [0, 0.1) is 12.1 Å². The number of carbonyl (C=O) groups is 1. The number of fused-ring (bicyclic) bond motifs is 6. The van der Waals surface area contributed by atoms with Crippen LogP contribution in [0.4, 0.5) is 0 Å². The number of pyridine rings is 2. The van der Waals surface area contributed by atoms with Crippen molar-refractivity contribution < 1.29 is 30.0 Å². The van der Waals surface area contributed by atoms with Gasteiger partial charge in [-0.2, -0.15) is 0 Å². The van der Waals surface area contributed by atoms with Crippen molar-refractivity contribution in [1.29, 1.82) is 0 Å². The van der Waals surface area contributed by atoms with Crippen molar-refractivity contribution in [2.24, 2.45) is 0 Å². The van der Waals surface area contributed by atoms with Crippen LogP contribution in [0.5, 0.6) is 0 Å². The molecule has 0 bridgehead atoms. The molecule has 2 aliphatic carbocycles. The monoisotopic (exact) mass is 1000 g/mol.